The van der Waals surface area contributed by atoms with Gasteiger partial charge < -0.3 is 15.0 Å². The van der Waals surface area contributed by atoms with Crippen molar-refractivity contribution >= 4 is 5.69 Å². The van der Waals surface area contributed by atoms with Crippen LogP contribution in [0.3, 0.4) is 0 Å². The van der Waals surface area contributed by atoms with Gasteiger partial charge in [-0.2, -0.15) is 0 Å². The predicted molar refractivity (Wildman–Crippen MR) is 86.8 cm³/mol. The van der Waals surface area contributed by atoms with E-state index < -0.39 is 0 Å². The molecule has 0 radical (unpaired) electrons. The second kappa shape index (κ2) is 6.77. The minimum absolute atomic E-state index is 0.314. The lowest BCUT2D eigenvalue weighted by atomic mass is 10.1. The Hall–Kier alpha value is -1.10. The van der Waals surface area contributed by atoms with Crippen LogP contribution in [0.25, 0.3) is 0 Å². The maximum atomic E-state index is 5.81. The molecule has 1 aromatic carbocycles. The van der Waals surface area contributed by atoms with Crippen molar-refractivity contribution in [2.45, 2.75) is 32.6 Å². The SMILES string of the molecule is CC1CN(c2ccc(CN3CCNCC3)cc2)CC(C)O1. The molecule has 3 rings (SSSR count). The quantitative estimate of drug-likeness (QED) is 0.917. The first-order chi connectivity index (χ1) is 10.2. The van der Waals surface area contributed by atoms with E-state index >= 15 is 0 Å². The molecular formula is C17H27N3O. The minimum atomic E-state index is 0.314. The lowest BCUT2D eigenvalue weighted by molar-refractivity contribution is -0.00521. The first kappa shape index (κ1) is 14.8. The number of anilines is 1. The zero-order valence-electron chi connectivity index (χ0n) is 13.2. The summed E-state index contributed by atoms with van der Waals surface area (Å²) in [5, 5.41) is 3.40. The molecule has 2 heterocycles. The molecule has 1 aromatic rings. The summed E-state index contributed by atoms with van der Waals surface area (Å²) in [6.07, 6.45) is 0.628. The van der Waals surface area contributed by atoms with Gasteiger partial charge in [-0.05, 0) is 31.5 Å². The highest BCUT2D eigenvalue weighted by Gasteiger charge is 2.22. The normalized spacial score (nSPS) is 27.8. The number of piperazine rings is 1. The third kappa shape index (κ3) is 3.96. The average Bonchev–Trinajstić information content (AvgIpc) is 2.48. The van der Waals surface area contributed by atoms with Crippen LogP contribution < -0.4 is 10.2 Å². The van der Waals surface area contributed by atoms with E-state index in [9.17, 15) is 0 Å². The van der Waals surface area contributed by atoms with Crippen molar-refractivity contribution in [3.63, 3.8) is 0 Å². The molecule has 116 valence electrons. The minimum Gasteiger partial charge on any atom is -0.372 e. The highest BCUT2D eigenvalue weighted by atomic mass is 16.5. The number of ether oxygens (including phenoxy) is 1. The number of benzene rings is 1. The van der Waals surface area contributed by atoms with Crippen molar-refractivity contribution in [2.75, 3.05) is 44.2 Å². The third-order valence-corrected chi connectivity index (χ3v) is 4.34. The van der Waals surface area contributed by atoms with Gasteiger partial charge in [0.1, 0.15) is 0 Å². The van der Waals surface area contributed by atoms with E-state index in [0.29, 0.717) is 12.2 Å². The molecule has 21 heavy (non-hydrogen) atoms. The Morgan fingerprint density at radius 1 is 1.05 bits per heavy atom. The smallest absolute Gasteiger partial charge is 0.0726 e. The number of nitrogens with zero attached hydrogens (tertiary/aromatic N) is 2. The van der Waals surface area contributed by atoms with Crippen molar-refractivity contribution in [3.05, 3.63) is 29.8 Å². The monoisotopic (exact) mass is 289 g/mol. The largest absolute Gasteiger partial charge is 0.372 e. The average molecular weight is 289 g/mol. The molecule has 2 unspecified atom stereocenters. The summed E-state index contributed by atoms with van der Waals surface area (Å²) in [5.41, 5.74) is 2.73. The fourth-order valence-electron chi connectivity index (χ4n) is 3.33. The van der Waals surface area contributed by atoms with Crippen molar-refractivity contribution < 1.29 is 4.74 Å². The summed E-state index contributed by atoms with van der Waals surface area (Å²) in [4.78, 5) is 4.96. The summed E-state index contributed by atoms with van der Waals surface area (Å²) in [6.45, 7) is 11.9. The summed E-state index contributed by atoms with van der Waals surface area (Å²) in [7, 11) is 0. The van der Waals surface area contributed by atoms with Gasteiger partial charge in [-0.1, -0.05) is 12.1 Å². The van der Waals surface area contributed by atoms with E-state index in [2.05, 4.69) is 53.2 Å². The summed E-state index contributed by atoms with van der Waals surface area (Å²) in [5.74, 6) is 0. The molecule has 1 N–H and O–H groups in total. The summed E-state index contributed by atoms with van der Waals surface area (Å²) >= 11 is 0. The van der Waals surface area contributed by atoms with Crippen LogP contribution in [-0.2, 0) is 11.3 Å². The number of hydrogen-bond acceptors (Lipinski definition) is 4. The molecule has 0 saturated carbocycles. The predicted octanol–water partition coefficient (Wildman–Crippen LogP) is 1.71. The molecule has 0 spiro atoms. The molecule has 0 aliphatic carbocycles. The van der Waals surface area contributed by atoms with Crippen LogP contribution in [0.5, 0.6) is 0 Å². The van der Waals surface area contributed by atoms with Gasteiger partial charge in [0.05, 0.1) is 12.2 Å². The van der Waals surface area contributed by atoms with E-state index in [-0.39, 0.29) is 0 Å². The molecular weight excluding hydrogens is 262 g/mol. The second-order valence-corrected chi connectivity index (χ2v) is 6.35. The van der Waals surface area contributed by atoms with Crippen LogP contribution in [0.15, 0.2) is 24.3 Å². The molecule has 2 saturated heterocycles. The number of hydrogen-bond donors (Lipinski definition) is 1. The van der Waals surface area contributed by atoms with Gasteiger partial charge in [-0.25, -0.2) is 0 Å². The molecule has 4 nitrogen and oxygen atoms in total. The van der Waals surface area contributed by atoms with Gasteiger partial charge in [0.15, 0.2) is 0 Å². The Morgan fingerprint density at radius 2 is 1.67 bits per heavy atom. The van der Waals surface area contributed by atoms with E-state index in [0.717, 1.165) is 45.8 Å². The lowest BCUT2D eigenvalue weighted by Crippen LogP contribution is -2.45. The Bertz CT molecular complexity index is 432. The molecule has 2 aliphatic rings. The molecule has 2 atom stereocenters. The van der Waals surface area contributed by atoms with E-state index in [4.69, 9.17) is 4.74 Å². The number of nitrogens with one attached hydrogen (secondary N) is 1. The highest BCUT2D eigenvalue weighted by Crippen LogP contribution is 2.21. The summed E-state index contributed by atoms with van der Waals surface area (Å²) < 4.78 is 5.81. The van der Waals surface area contributed by atoms with Crippen molar-refractivity contribution in [1.29, 1.82) is 0 Å². The first-order valence-electron chi connectivity index (χ1n) is 8.13. The second-order valence-electron chi connectivity index (χ2n) is 6.35. The van der Waals surface area contributed by atoms with Gasteiger partial charge in [0, 0.05) is 51.5 Å². The van der Waals surface area contributed by atoms with Crippen LogP contribution in [-0.4, -0.2) is 56.4 Å². The molecule has 0 aromatic heterocycles. The highest BCUT2D eigenvalue weighted by molar-refractivity contribution is 5.48. The maximum absolute atomic E-state index is 5.81. The van der Waals surface area contributed by atoms with Crippen LogP contribution in [0.4, 0.5) is 5.69 Å². The fraction of sp³-hybridized carbons (Fsp3) is 0.647. The van der Waals surface area contributed by atoms with Crippen molar-refractivity contribution in [3.8, 4) is 0 Å². The summed E-state index contributed by atoms with van der Waals surface area (Å²) in [6, 6.07) is 9.09. The van der Waals surface area contributed by atoms with Crippen LogP contribution >= 0.6 is 0 Å². The molecule has 2 fully saturated rings. The third-order valence-electron chi connectivity index (χ3n) is 4.34. The van der Waals surface area contributed by atoms with E-state index in [1.54, 1.807) is 0 Å². The maximum Gasteiger partial charge on any atom is 0.0726 e. The van der Waals surface area contributed by atoms with Crippen molar-refractivity contribution in [1.82, 2.24) is 10.2 Å². The Kier molecular flexibility index (Phi) is 4.78. The van der Waals surface area contributed by atoms with E-state index in [1.165, 1.54) is 11.3 Å². The molecule has 0 bridgehead atoms. The Balaban J connectivity index is 1.60. The molecule has 2 aliphatic heterocycles. The van der Waals surface area contributed by atoms with Crippen LogP contribution in [0, 0.1) is 0 Å². The van der Waals surface area contributed by atoms with Gasteiger partial charge in [0.25, 0.3) is 0 Å². The zero-order valence-corrected chi connectivity index (χ0v) is 13.2. The van der Waals surface area contributed by atoms with E-state index in [1.807, 2.05) is 0 Å². The molecule has 4 heteroatoms. The zero-order chi connectivity index (χ0) is 14.7. The number of morpholine rings is 1. The van der Waals surface area contributed by atoms with Crippen LogP contribution in [0.1, 0.15) is 19.4 Å². The van der Waals surface area contributed by atoms with Gasteiger partial charge in [0.2, 0.25) is 0 Å². The Morgan fingerprint density at radius 3 is 2.29 bits per heavy atom. The van der Waals surface area contributed by atoms with Gasteiger partial charge in [-0.3, -0.25) is 4.90 Å². The first-order valence-corrected chi connectivity index (χ1v) is 8.13. The molecule has 0 amide bonds. The van der Waals surface area contributed by atoms with Crippen LogP contribution in [0.2, 0.25) is 0 Å². The van der Waals surface area contributed by atoms with Gasteiger partial charge >= 0.3 is 0 Å². The topological polar surface area (TPSA) is 27.7 Å². The van der Waals surface area contributed by atoms with Crippen molar-refractivity contribution in [2.24, 2.45) is 0 Å². The van der Waals surface area contributed by atoms with Gasteiger partial charge in [-0.15, -0.1) is 0 Å². The number of rotatable bonds is 3. The lowest BCUT2D eigenvalue weighted by Gasteiger charge is -2.37. The Labute approximate surface area is 128 Å². The fourth-order valence-corrected chi connectivity index (χ4v) is 3.33. The standard InChI is InChI=1S/C17H27N3O/c1-14-11-20(12-15(2)21-14)17-5-3-16(4-6-17)13-19-9-7-18-8-10-19/h3-6,14-15,18H,7-13H2,1-2H3.